The Kier molecular flexibility index (Phi) is 4.86. The maximum atomic E-state index is 13.1. The minimum Gasteiger partial charge on any atom is -0.496 e. The van der Waals surface area contributed by atoms with Gasteiger partial charge in [0.1, 0.15) is 23.4 Å². The highest BCUT2D eigenvalue weighted by Gasteiger charge is 2.41. The van der Waals surface area contributed by atoms with Gasteiger partial charge in [-0.05, 0) is 24.6 Å². The third-order valence-electron chi connectivity index (χ3n) is 5.92. The minimum atomic E-state index is -0.861. The highest BCUT2D eigenvalue weighted by atomic mass is 16.5. The number of aromatic nitrogens is 4. The zero-order chi connectivity index (χ0) is 23.3. The van der Waals surface area contributed by atoms with E-state index in [4.69, 9.17) is 9.47 Å². The summed E-state index contributed by atoms with van der Waals surface area (Å²) in [5, 5.41) is 14.3. The van der Waals surface area contributed by atoms with E-state index in [-0.39, 0.29) is 19.0 Å². The Hall–Kier alpha value is -3.85. The van der Waals surface area contributed by atoms with E-state index in [0.717, 1.165) is 27.8 Å². The number of amides is 1. The van der Waals surface area contributed by atoms with E-state index in [0.29, 0.717) is 17.1 Å². The van der Waals surface area contributed by atoms with Crippen molar-refractivity contribution in [2.45, 2.75) is 12.5 Å². The molecule has 2 aromatic carbocycles. The van der Waals surface area contributed by atoms with Crippen molar-refractivity contribution >= 4 is 16.9 Å². The molecule has 1 N–H and O–H groups in total. The summed E-state index contributed by atoms with van der Waals surface area (Å²) in [5.74, 6) is 0.558. The highest BCUT2D eigenvalue weighted by molar-refractivity contribution is 6.01. The van der Waals surface area contributed by atoms with E-state index < -0.39 is 5.60 Å². The van der Waals surface area contributed by atoms with Crippen LogP contribution in [-0.4, -0.2) is 68.2 Å². The van der Waals surface area contributed by atoms with Crippen molar-refractivity contribution in [1.82, 2.24) is 24.2 Å². The molecule has 1 amide bonds. The topological polar surface area (TPSA) is 94.6 Å². The molecule has 0 aliphatic carbocycles. The van der Waals surface area contributed by atoms with Crippen molar-refractivity contribution in [2.75, 3.05) is 27.3 Å². The van der Waals surface area contributed by atoms with Crippen LogP contribution in [0.4, 0.5) is 0 Å². The van der Waals surface area contributed by atoms with Gasteiger partial charge in [0.25, 0.3) is 5.91 Å². The second kappa shape index (κ2) is 7.63. The number of imidazole rings is 1. The summed E-state index contributed by atoms with van der Waals surface area (Å²) in [6.45, 7) is 2.24. The van der Waals surface area contributed by atoms with Gasteiger partial charge in [0.2, 0.25) is 0 Å². The predicted octanol–water partition coefficient (Wildman–Crippen LogP) is 2.65. The van der Waals surface area contributed by atoms with Gasteiger partial charge in [-0.1, -0.05) is 6.07 Å². The number of fused-ring (bicyclic) bond motifs is 1. The smallest absolute Gasteiger partial charge is 0.261 e. The Balaban J connectivity index is 1.55. The van der Waals surface area contributed by atoms with Gasteiger partial charge < -0.3 is 19.5 Å². The van der Waals surface area contributed by atoms with Gasteiger partial charge in [-0.25, -0.2) is 4.98 Å². The lowest BCUT2D eigenvalue weighted by Gasteiger charge is -2.44. The molecule has 5 rings (SSSR count). The summed E-state index contributed by atoms with van der Waals surface area (Å²) in [7, 11) is 4.93. The first-order valence-electron chi connectivity index (χ1n) is 10.5. The van der Waals surface area contributed by atoms with Gasteiger partial charge in [0.05, 0.1) is 55.8 Å². The van der Waals surface area contributed by atoms with Crippen LogP contribution >= 0.6 is 0 Å². The third kappa shape index (κ3) is 3.60. The number of aliphatic hydroxyl groups is 1. The highest BCUT2D eigenvalue weighted by Crippen LogP contribution is 2.36. The molecular weight excluding hydrogens is 422 g/mol. The monoisotopic (exact) mass is 447 g/mol. The van der Waals surface area contributed by atoms with E-state index >= 15 is 0 Å². The Labute approximate surface area is 190 Å². The first-order valence-corrected chi connectivity index (χ1v) is 10.5. The second-order valence-corrected chi connectivity index (χ2v) is 8.60. The van der Waals surface area contributed by atoms with Gasteiger partial charge in [-0.15, -0.1) is 0 Å². The first kappa shape index (κ1) is 21.0. The normalized spacial score (nSPS) is 14.9. The molecule has 1 fully saturated rings. The molecule has 170 valence electrons. The molecule has 3 heterocycles. The molecule has 1 aliphatic heterocycles. The molecular formula is C24H25N5O4. The number of β-amino-alcohol motifs (C(OH)–C–C–N with tert-alkyl or cyclic N) is 1. The fraction of sp³-hybridized carbons (Fsp3) is 0.292. The molecule has 9 nitrogen and oxygen atoms in total. The summed E-state index contributed by atoms with van der Waals surface area (Å²) in [6.07, 6.45) is 5.52. The van der Waals surface area contributed by atoms with E-state index in [2.05, 4.69) is 10.1 Å². The lowest BCUT2D eigenvalue weighted by Crippen LogP contribution is -2.61. The molecule has 0 bridgehead atoms. The number of hydrogen-bond acceptors (Lipinski definition) is 6. The maximum Gasteiger partial charge on any atom is 0.261 e. The van der Waals surface area contributed by atoms with Crippen LogP contribution in [0.3, 0.4) is 0 Å². The molecule has 0 unspecified atom stereocenters. The molecule has 4 aromatic rings. The van der Waals surface area contributed by atoms with E-state index in [1.54, 1.807) is 35.0 Å². The number of rotatable bonds is 5. The average Bonchev–Trinajstić information content (AvgIpc) is 3.41. The fourth-order valence-electron chi connectivity index (χ4n) is 4.29. The minimum absolute atomic E-state index is 0.238. The van der Waals surface area contributed by atoms with E-state index in [1.165, 1.54) is 14.2 Å². The molecule has 1 saturated heterocycles. The number of methoxy groups -OCH3 is 2. The van der Waals surface area contributed by atoms with Gasteiger partial charge in [0.15, 0.2) is 0 Å². The standard InChI is InChI=1S/C24H25N5O4/c1-24(31)12-28(13-24)23(30)22-20(32-3)8-17(9-21(22)33-4)29-14-25-18-7-15(5-6-19(18)29)16-10-26-27(2)11-16/h5-11,14,31H,12-13H2,1-4H3. The molecule has 9 heteroatoms. The first-order chi connectivity index (χ1) is 15.8. The number of carbonyl (C=O) groups is 1. The Morgan fingerprint density at radius 3 is 2.36 bits per heavy atom. The third-order valence-corrected chi connectivity index (χ3v) is 5.92. The molecule has 0 saturated carbocycles. The average molecular weight is 447 g/mol. The molecule has 0 spiro atoms. The van der Waals surface area contributed by atoms with Crippen LogP contribution < -0.4 is 9.47 Å². The van der Waals surface area contributed by atoms with Gasteiger partial charge in [-0.3, -0.25) is 14.0 Å². The number of hydrogen-bond donors (Lipinski definition) is 1. The van der Waals surface area contributed by atoms with Crippen LogP contribution in [-0.2, 0) is 7.05 Å². The SMILES string of the molecule is COc1cc(-n2cnc3cc(-c4cnn(C)c4)ccc32)cc(OC)c1C(=O)N1CC(C)(O)C1. The van der Waals surface area contributed by atoms with Crippen molar-refractivity contribution in [3.63, 3.8) is 0 Å². The van der Waals surface area contributed by atoms with Gasteiger partial charge >= 0.3 is 0 Å². The quantitative estimate of drug-likeness (QED) is 0.506. The summed E-state index contributed by atoms with van der Waals surface area (Å²) in [4.78, 5) is 19.2. The number of likely N-dealkylation sites (tertiary alicyclic amines) is 1. The van der Waals surface area contributed by atoms with Crippen LogP contribution in [0, 0.1) is 0 Å². The Bertz CT molecular complexity index is 1340. The summed E-state index contributed by atoms with van der Waals surface area (Å²) in [6, 6.07) is 9.64. The summed E-state index contributed by atoms with van der Waals surface area (Å²) in [5.41, 5.74) is 4.02. The largest absolute Gasteiger partial charge is 0.496 e. The molecule has 1 aliphatic rings. The van der Waals surface area contributed by atoms with Crippen molar-refractivity contribution in [3.05, 3.63) is 54.6 Å². The van der Waals surface area contributed by atoms with Crippen molar-refractivity contribution in [1.29, 1.82) is 0 Å². The van der Waals surface area contributed by atoms with Crippen molar-refractivity contribution in [3.8, 4) is 28.3 Å². The van der Waals surface area contributed by atoms with E-state index in [9.17, 15) is 9.90 Å². The second-order valence-electron chi connectivity index (χ2n) is 8.60. The van der Waals surface area contributed by atoms with Crippen molar-refractivity contribution in [2.24, 2.45) is 7.05 Å². The lowest BCUT2D eigenvalue weighted by atomic mass is 9.95. The number of aryl methyl sites for hydroxylation is 1. The number of carbonyl (C=O) groups excluding carboxylic acids is 1. The molecule has 0 radical (unpaired) electrons. The van der Waals surface area contributed by atoms with Crippen LogP contribution in [0.15, 0.2) is 49.1 Å². The number of nitrogens with zero attached hydrogens (tertiary/aromatic N) is 5. The molecule has 33 heavy (non-hydrogen) atoms. The summed E-state index contributed by atoms with van der Waals surface area (Å²) < 4.78 is 14.8. The Morgan fingerprint density at radius 1 is 1.09 bits per heavy atom. The zero-order valence-electron chi connectivity index (χ0n) is 18.9. The maximum absolute atomic E-state index is 13.1. The lowest BCUT2D eigenvalue weighted by molar-refractivity contribution is -0.0670. The fourth-order valence-corrected chi connectivity index (χ4v) is 4.29. The van der Waals surface area contributed by atoms with Crippen LogP contribution in [0.1, 0.15) is 17.3 Å². The van der Waals surface area contributed by atoms with Crippen molar-refractivity contribution < 1.29 is 19.4 Å². The van der Waals surface area contributed by atoms with Crippen LogP contribution in [0.25, 0.3) is 27.8 Å². The number of benzene rings is 2. The number of ether oxygens (including phenoxy) is 2. The van der Waals surface area contributed by atoms with Gasteiger partial charge in [-0.2, -0.15) is 5.10 Å². The molecule has 0 atom stereocenters. The zero-order valence-corrected chi connectivity index (χ0v) is 18.9. The van der Waals surface area contributed by atoms with Gasteiger partial charge in [0, 0.05) is 30.9 Å². The molecule has 2 aromatic heterocycles. The van der Waals surface area contributed by atoms with Crippen LogP contribution in [0.5, 0.6) is 11.5 Å². The van der Waals surface area contributed by atoms with Crippen LogP contribution in [0.2, 0.25) is 0 Å². The van der Waals surface area contributed by atoms with E-state index in [1.807, 2.05) is 42.2 Å². The predicted molar refractivity (Wildman–Crippen MR) is 123 cm³/mol. The summed E-state index contributed by atoms with van der Waals surface area (Å²) >= 11 is 0. The Morgan fingerprint density at radius 2 is 1.79 bits per heavy atom.